The first-order chi connectivity index (χ1) is 15.3. The van der Waals surface area contributed by atoms with Gasteiger partial charge >= 0.3 is 0 Å². The number of halogens is 2. The fourth-order valence-electron chi connectivity index (χ4n) is 4.27. The van der Waals surface area contributed by atoms with Gasteiger partial charge in [-0.25, -0.2) is 17.2 Å². The van der Waals surface area contributed by atoms with Crippen LogP contribution in [-0.4, -0.2) is 37.0 Å². The summed E-state index contributed by atoms with van der Waals surface area (Å²) in [6, 6.07) is 10.1. The molecule has 1 N–H and O–H groups in total. The van der Waals surface area contributed by atoms with E-state index in [1.54, 1.807) is 11.8 Å². The molecule has 1 aliphatic carbocycles. The number of carbonyl (C=O) groups is 1. The second kappa shape index (κ2) is 9.89. The highest BCUT2D eigenvalue weighted by atomic mass is 32.2. The highest BCUT2D eigenvalue weighted by Gasteiger charge is 2.34. The standard InChI is InChI=1S/C23H26F2N2O3S2/c24-17-9-10-19(25)22(15-17)32(29,30)27-13-11-16(12-14-27)23(28)26-20-7-3-4-8-21(20)31-18-5-1-2-6-18/h3-4,7-10,15-16,18H,1-2,5-6,11-14H2,(H,26,28). The summed E-state index contributed by atoms with van der Waals surface area (Å²) >= 11 is 1.80. The van der Waals surface area contributed by atoms with Crippen molar-refractivity contribution in [1.29, 1.82) is 0 Å². The summed E-state index contributed by atoms with van der Waals surface area (Å²) in [6.45, 7) is 0.156. The number of benzene rings is 2. The molecule has 4 rings (SSSR count). The molecule has 1 saturated heterocycles. The normalized spacial score (nSPS) is 18.7. The molecule has 0 aromatic heterocycles. The van der Waals surface area contributed by atoms with Gasteiger partial charge in [0.15, 0.2) is 0 Å². The van der Waals surface area contributed by atoms with E-state index in [0.717, 1.165) is 27.0 Å². The summed E-state index contributed by atoms with van der Waals surface area (Å²) in [6.07, 6.45) is 5.50. The van der Waals surface area contributed by atoms with E-state index in [2.05, 4.69) is 5.32 Å². The minimum absolute atomic E-state index is 0.0782. The summed E-state index contributed by atoms with van der Waals surface area (Å²) in [5.41, 5.74) is 0.784. The Labute approximate surface area is 191 Å². The molecule has 0 spiro atoms. The molecule has 32 heavy (non-hydrogen) atoms. The SMILES string of the molecule is O=C(Nc1ccccc1SC1CCCC1)C1CCN(S(=O)(=O)c2cc(F)ccc2F)CC1. The average molecular weight is 481 g/mol. The van der Waals surface area contributed by atoms with Gasteiger partial charge in [0.25, 0.3) is 0 Å². The zero-order valence-electron chi connectivity index (χ0n) is 17.6. The van der Waals surface area contributed by atoms with Gasteiger partial charge in [-0.1, -0.05) is 25.0 Å². The Hall–Kier alpha value is -1.97. The Kier molecular flexibility index (Phi) is 7.17. The Bertz CT molecular complexity index is 1080. The van der Waals surface area contributed by atoms with Gasteiger partial charge in [0, 0.05) is 29.2 Å². The quantitative estimate of drug-likeness (QED) is 0.629. The average Bonchev–Trinajstić information content (AvgIpc) is 3.30. The largest absolute Gasteiger partial charge is 0.325 e. The number of sulfonamides is 1. The lowest BCUT2D eigenvalue weighted by Gasteiger charge is -2.30. The fraction of sp³-hybridized carbons (Fsp3) is 0.435. The number of piperidine rings is 1. The summed E-state index contributed by atoms with van der Waals surface area (Å²) < 4.78 is 54.1. The minimum atomic E-state index is -4.16. The van der Waals surface area contributed by atoms with E-state index in [-0.39, 0.29) is 24.9 Å². The lowest BCUT2D eigenvalue weighted by atomic mass is 9.97. The van der Waals surface area contributed by atoms with Crippen molar-refractivity contribution in [2.45, 2.75) is 53.6 Å². The van der Waals surface area contributed by atoms with Gasteiger partial charge in [0.05, 0.1) is 5.69 Å². The van der Waals surface area contributed by atoms with Gasteiger partial charge in [0.1, 0.15) is 16.5 Å². The molecule has 2 aromatic carbocycles. The Morgan fingerprint density at radius 1 is 1.00 bits per heavy atom. The molecule has 1 amide bonds. The molecule has 2 aliphatic rings. The number of anilines is 1. The van der Waals surface area contributed by atoms with Crippen molar-refractivity contribution >= 4 is 33.4 Å². The number of hydrogen-bond donors (Lipinski definition) is 1. The third-order valence-corrected chi connectivity index (χ3v) is 9.40. The Morgan fingerprint density at radius 2 is 1.69 bits per heavy atom. The van der Waals surface area contributed by atoms with Crippen molar-refractivity contribution in [3.8, 4) is 0 Å². The first kappa shape index (κ1) is 23.2. The molecule has 1 saturated carbocycles. The van der Waals surface area contributed by atoms with Gasteiger partial charge in [-0.05, 0) is 56.0 Å². The zero-order chi connectivity index (χ0) is 22.7. The van der Waals surface area contributed by atoms with Crippen molar-refractivity contribution in [3.63, 3.8) is 0 Å². The second-order valence-corrected chi connectivity index (χ2v) is 11.5. The third-order valence-electron chi connectivity index (χ3n) is 6.08. The molecule has 0 atom stereocenters. The first-order valence-corrected chi connectivity index (χ1v) is 13.2. The van der Waals surface area contributed by atoms with Crippen LogP contribution in [0.2, 0.25) is 0 Å². The lowest BCUT2D eigenvalue weighted by molar-refractivity contribution is -0.120. The van der Waals surface area contributed by atoms with Crippen molar-refractivity contribution < 1.29 is 22.0 Å². The molecular weight excluding hydrogens is 454 g/mol. The monoisotopic (exact) mass is 480 g/mol. The number of amides is 1. The molecule has 5 nitrogen and oxygen atoms in total. The summed E-state index contributed by atoms with van der Waals surface area (Å²) in [5.74, 6) is -2.28. The first-order valence-electron chi connectivity index (χ1n) is 10.9. The second-order valence-electron chi connectivity index (χ2n) is 8.26. The van der Waals surface area contributed by atoms with Crippen LogP contribution in [0.4, 0.5) is 14.5 Å². The predicted octanol–water partition coefficient (Wildman–Crippen LogP) is 5.04. The van der Waals surface area contributed by atoms with Gasteiger partial charge in [-0.15, -0.1) is 11.8 Å². The lowest BCUT2D eigenvalue weighted by Crippen LogP contribution is -2.41. The van der Waals surface area contributed by atoms with Crippen molar-refractivity contribution in [2.24, 2.45) is 5.92 Å². The van der Waals surface area contributed by atoms with Crippen LogP contribution >= 0.6 is 11.8 Å². The van der Waals surface area contributed by atoms with Crippen molar-refractivity contribution in [1.82, 2.24) is 4.31 Å². The number of nitrogens with zero attached hydrogens (tertiary/aromatic N) is 1. The van der Waals surface area contributed by atoms with E-state index in [0.29, 0.717) is 24.2 Å². The van der Waals surface area contributed by atoms with Crippen LogP contribution in [-0.2, 0) is 14.8 Å². The highest BCUT2D eigenvalue weighted by molar-refractivity contribution is 8.00. The topological polar surface area (TPSA) is 66.5 Å². The van der Waals surface area contributed by atoms with Crippen LogP contribution in [0.3, 0.4) is 0 Å². The molecular formula is C23H26F2N2O3S2. The summed E-state index contributed by atoms with van der Waals surface area (Å²) in [4.78, 5) is 13.3. The van der Waals surface area contributed by atoms with Gasteiger partial charge in [-0.3, -0.25) is 4.79 Å². The molecule has 1 aliphatic heterocycles. The molecule has 9 heteroatoms. The predicted molar refractivity (Wildman–Crippen MR) is 121 cm³/mol. The molecule has 1 heterocycles. The van der Waals surface area contributed by atoms with Gasteiger partial charge < -0.3 is 5.32 Å². The van der Waals surface area contributed by atoms with E-state index in [4.69, 9.17) is 0 Å². The van der Waals surface area contributed by atoms with Crippen LogP contribution < -0.4 is 5.32 Å². The third kappa shape index (κ3) is 5.15. The maximum atomic E-state index is 14.0. The van der Waals surface area contributed by atoms with Gasteiger partial charge in [0.2, 0.25) is 15.9 Å². The Balaban J connectivity index is 1.38. The van der Waals surface area contributed by atoms with E-state index < -0.39 is 26.6 Å². The molecule has 2 fully saturated rings. The summed E-state index contributed by atoms with van der Waals surface area (Å²) in [7, 11) is -4.16. The maximum Gasteiger partial charge on any atom is 0.246 e. The van der Waals surface area contributed by atoms with Crippen LogP contribution in [0, 0.1) is 17.6 Å². The van der Waals surface area contributed by atoms with Crippen LogP contribution in [0.25, 0.3) is 0 Å². The van der Waals surface area contributed by atoms with Crippen molar-refractivity contribution in [2.75, 3.05) is 18.4 Å². The molecule has 2 aromatic rings. The van der Waals surface area contributed by atoms with Crippen molar-refractivity contribution in [3.05, 3.63) is 54.1 Å². The molecule has 0 unspecified atom stereocenters. The number of rotatable bonds is 6. The van der Waals surface area contributed by atoms with Crippen LogP contribution in [0.5, 0.6) is 0 Å². The van der Waals surface area contributed by atoms with E-state index >= 15 is 0 Å². The number of hydrogen-bond acceptors (Lipinski definition) is 4. The molecule has 0 bridgehead atoms. The van der Waals surface area contributed by atoms with Crippen LogP contribution in [0.1, 0.15) is 38.5 Å². The Morgan fingerprint density at radius 3 is 2.41 bits per heavy atom. The summed E-state index contributed by atoms with van der Waals surface area (Å²) in [5, 5.41) is 3.59. The maximum absolute atomic E-state index is 14.0. The molecule has 172 valence electrons. The highest BCUT2D eigenvalue weighted by Crippen LogP contribution is 2.38. The van der Waals surface area contributed by atoms with E-state index in [1.165, 1.54) is 25.7 Å². The zero-order valence-corrected chi connectivity index (χ0v) is 19.2. The smallest absolute Gasteiger partial charge is 0.246 e. The molecule has 0 radical (unpaired) electrons. The van der Waals surface area contributed by atoms with Gasteiger partial charge in [-0.2, -0.15) is 4.31 Å². The number of para-hydroxylation sites is 1. The van der Waals surface area contributed by atoms with Crippen LogP contribution in [0.15, 0.2) is 52.3 Å². The fourth-order valence-corrected chi connectivity index (χ4v) is 7.14. The number of carbonyl (C=O) groups excluding carboxylic acids is 1. The minimum Gasteiger partial charge on any atom is -0.325 e. The number of nitrogens with one attached hydrogen (secondary N) is 1. The van der Waals surface area contributed by atoms with E-state index in [9.17, 15) is 22.0 Å². The van der Waals surface area contributed by atoms with E-state index in [1.807, 2.05) is 24.3 Å². The number of thioether (sulfide) groups is 1.